The van der Waals surface area contributed by atoms with E-state index >= 15 is 0 Å². The van der Waals surface area contributed by atoms with E-state index in [9.17, 15) is 9.59 Å². The second-order valence-corrected chi connectivity index (χ2v) is 8.14. The van der Waals surface area contributed by atoms with Gasteiger partial charge in [-0.2, -0.15) is 0 Å². The molecule has 27 heavy (non-hydrogen) atoms. The van der Waals surface area contributed by atoms with Crippen molar-refractivity contribution < 1.29 is 9.59 Å². The number of carbonyl (C=O) groups excluding carboxylic acids is 2. The van der Waals surface area contributed by atoms with E-state index in [0.717, 1.165) is 24.2 Å². The molecule has 3 rings (SSSR count). The first-order valence-electron chi connectivity index (χ1n) is 8.81. The molecule has 0 atom stereocenters. The number of imide groups is 1. The molecule has 2 aromatic carbocycles. The normalized spacial score (nSPS) is 14.4. The van der Waals surface area contributed by atoms with E-state index in [0.29, 0.717) is 32.6 Å². The van der Waals surface area contributed by atoms with Gasteiger partial charge in [-0.25, -0.2) is 0 Å². The highest BCUT2D eigenvalue weighted by atomic mass is 35.5. The van der Waals surface area contributed by atoms with Crippen molar-refractivity contribution >= 4 is 52.4 Å². The summed E-state index contributed by atoms with van der Waals surface area (Å²) in [6.07, 6.45) is 2.78. The van der Waals surface area contributed by atoms with Crippen molar-refractivity contribution in [3.8, 4) is 0 Å². The number of nitrogens with zero attached hydrogens (tertiary/aromatic N) is 1. The highest BCUT2D eigenvalue weighted by Crippen LogP contribution is 2.42. The average molecular weight is 420 g/mol. The second kappa shape index (κ2) is 8.96. The molecule has 0 spiro atoms. The third kappa shape index (κ3) is 4.40. The highest BCUT2D eigenvalue weighted by molar-refractivity contribution is 8.04. The number of unbranched alkanes of at least 4 members (excludes halogenated alkanes) is 2. The van der Waals surface area contributed by atoms with Crippen molar-refractivity contribution in [1.29, 1.82) is 0 Å². The van der Waals surface area contributed by atoms with E-state index in [1.807, 2.05) is 30.3 Å². The molecule has 0 bridgehead atoms. The zero-order valence-electron chi connectivity index (χ0n) is 14.9. The largest absolute Gasteiger partial charge is 0.274 e. The minimum atomic E-state index is -0.293. The molecule has 0 radical (unpaired) electrons. The van der Waals surface area contributed by atoms with Crippen LogP contribution in [0.3, 0.4) is 0 Å². The maximum Gasteiger partial charge on any atom is 0.268 e. The lowest BCUT2D eigenvalue weighted by molar-refractivity contribution is -0.136. The number of carbonyl (C=O) groups is 2. The molecule has 1 aliphatic rings. The van der Waals surface area contributed by atoms with Crippen LogP contribution in [0.15, 0.2) is 58.3 Å². The van der Waals surface area contributed by atoms with Crippen LogP contribution in [0.1, 0.15) is 31.7 Å². The Morgan fingerprint density at radius 2 is 1.70 bits per heavy atom. The number of amides is 2. The Hall–Kier alpha value is -1.75. The Morgan fingerprint density at radius 1 is 0.963 bits per heavy atom. The number of thioether (sulfide) groups is 1. The van der Waals surface area contributed by atoms with Gasteiger partial charge in [0.2, 0.25) is 0 Å². The summed E-state index contributed by atoms with van der Waals surface area (Å²) in [5.41, 5.74) is 0.892. The third-order valence-corrected chi connectivity index (χ3v) is 5.91. The summed E-state index contributed by atoms with van der Waals surface area (Å²) >= 11 is 13.7. The molecule has 0 saturated carbocycles. The molecule has 0 fully saturated rings. The zero-order chi connectivity index (χ0) is 19.4. The van der Waals surface area contributed by atoms with Crippen LogP contribution in [0.4, 0.5) is 0 Å². The van der Waals surface area contributed by atoms with Crippen molar-refractivity contribution in [2.45, 2.75) is 31.1 Å². The monoisotopic (exact) mass is 419 g/mol. The van der Waals surface area contributed by atoms with Crippen molar-refractivity contribution in [1.82, 2.24) is 4.90 Å². The first kappa shape index (κ1) is 20.0. The molecule has 1 heterocycles. The highest BCUT2D eigenvalue weighted by Gasteiger charge is 2.39. The third-order valence-electron chi connectivity index (χ3n) is 4.27. The average Bonchev–Trinajstić information content (AvgIpc) is 2.87. The van der Waals surface area contributed by atoms with Gasteiger partial charge in [0.1, 0.15) is 0 Å². The Bertz CT molecular complexity index is 896. The molecule has 0 saturated heterocycles. The van der Waals surface area contributed by atoms with Crippen LogP contribution < -0.4 is 0 Å². The van der Waals surface area contributed by atoms with Crippen molar-refractivity contribution in [3.05, 3.63) is 69.0 Å². The van der Waals surface area contributed by atoms with E-state index in [4.69, 9.17) is 23.2 Å². The number of hydrogen-bond acceptors (Lipinski definition) is 3. The van der Waals surface area contributed by atoms with Crippen LogP contribution in [-0.2, 0) is 9.59 Å². The van der Waals surface area contributed by atoms with Crippen LogP contribution in [0.2, 0.25) is 10.0 Å². The first-order valence-corrected chi connectivity index (χ1v) is 10.4. The maximum absolute atomic E-state index is 13.1. The molecule has 0 unspecified atom stereocenters. The SMILES string of the molecule is CCCCCN1C(=O)C(Sc2ccccc2)=C(c2ccc(Cl)cc2Cl)C1=O. The lowest BCUT2D eigenvalue weighted by atomic mass is 10.1. The summed E-state index contributed by atoms with van der Waals surface area (Å²) in [5.74, 6) is -0.551. The molecule has 2 amide bonds. The quantitative estimate of drug-likeness (QED) is 0.404. The predicted molar refractivity (Wildman–Crippen MR) is 112 cm³/mol. The molecular weight excluding hydrogens is 401 g/mol. The van der Waals surface area contributed by atoms with E-state index in [1.165, 1.54) is 16.7 Å². The van der Waals surface area contributed by atoms with Gasteiger partial charge in [-0.05, 0) is 30.7 Å². The molecule has 2 aromatic rings. The Labute approximate surface area is 173 Å². The van der Waals surface area contributed by atoms with Gasteiger partial charge >= 0.3 is 0 Å². The van der Waals surface area contributed by atoms with E-state index < -0.39 is 0 Å². The maximum atomic E-state index is 13.1. The van der Waals surface area contributed by atoms with Crippen LogP contribution in [0, 0.1) is 0 Å². The second-order valence-electron chi connectivity index (χ2n) is 6.21. The molecular formula is C21H19Cl2NO2S. The van der Waals surface area contributed by atoms with E-state index in [2.05, 4.69) is 6.92 Å². The summed E-state index contributed by atoms with van der Waals surface area (Å²) in [4.78, 5) is 28.8. The van der Waals surface area contributed by atoms with Crippen molar-refractivity contribution in [3.63, 3.8) is 0 Å². The van der Waals surface area contributed by atoms with Crippen LogP contribution in [0.25, 0.3) is 5.57 Å². The molecule has 6 heteroatoms. The van der Waals surface area contributed by atoms with Gasteiger partial charge in [-0.1, -0.05) is 79.0 Å². The standard InChI is InChI=1S/C21H19Cl2NO2S/c1-2-3-7-12-24-20(25)18(16-11-10-14(22)13-17(16)23)19(21(24)26)27-15-8-5-4-6-9-15/h4-6,8-11,13H,2-3,7,12H2,1H3. The van der Waals surface area contributed by atoms with Gasteiger partial charge < -0.3 is 0 Å². The minimum absolute atomic E-state index is 0.258. The number of halogens is 2. The van der Waals surface area contributed by atoms with Crippen molar-refractivity contribution in [2.24, 2.45) is 0 Å². The van der Waals surface area contributed by atoms with E-state index in [-0.39, 0.29) is 11.8 Å². The zero-order valence-corrected chi connectivity index (χ0v) is 17.2. The van der Waals surface area contributed by atoms with Gasteiger partial charge in [-0.15, -0.1) is 0 Å². The Balaban J connectivity index is 2.03. The molecule has 0 aromatic heterocycles. The lowest BCUT2D eigenvalue weighted by Crippen LogP contribution is -2.32. The number of benzene rings is 2. The minimum Gasteiger partial charge on any atom is -0.274 e. The fourth-order valence-corrected chi connectivity index (χ4v) is 4.44. The van der Waals surface area contributed by atoms with E-state index in [1.54, 1.807) is 18.2 Å². The van der Waals surface area contributed by atoms with Crippen LogP contribution in [0.5, 0.6) is 0 Å². The molecule has 140 valence electrons. The smallest absolute Gasteiger partial charge is 0.268 e. The van der Waals surface area contributed by atoms with Gasteiger partial charge in [0.05, 0.1) is 15.5 Å². The van der Waals surface area contributed by atoms with Gasteiger partial charge in [0.15, 0.2) is 0 Å². The Kier molecular flexibility index (Phi) is 6.64. The van der Waals surface area contributed by atoms with Crippen LogP contribution >= 0.6 is 35.0 Å². The predicted octanol–water partition coefficient (Wildman–Crippen LogP) is 6.06. The van der Waals surface area contributed by atoms with Gasteiger partial charge in [0.25, 0.3) is 11.8 Å². The number of rotatable bonds is 7. The molecule has 0 N–H and O–H groups in total. The fourth-order valence-electron chi connectivity index (χ4n) is 2.91. The lowest BCUT2D eigenvalue weighted by Gasteiger charge is -2.14. The number of hydrogen-bond donors (Lipinski definition) is 0. The topological polar surface area (TPSA) is 37.4 Å². The van der Waals surface area contributed by atoms with Crippen LogP contribution in [-0.4, -0.2) is 23.3 Å². The van der Waals surface area contributed by atoms with Crippen molar-refractivity contribution in [2.75, 3.05) is 6.54 Å². The summed E-state index contributed by atoms with van der Waals surface area (Å²) in [5, 5.41) is 0.846. The molecule has 1 aliphatic heterocycles. The Morgan fingerprint density at radius 3 is 2.37 bits per heavy atom. The first-order chi connectivity index (χ1) is 13.0. The summed E-state index contributed by atoms with van der Waals surface area (Å²) in [6, 6.07) is 14.5. The molecule has 3 nitrogen and oxygen atoms in total. The summed E-state index contributed by atoms with van der Waals surface area (Å²) in [7, 11) is 0. The fraction of sp³-hybridized carbons (Fsp3) is 0.238. The van der Waals surface area contributed by atoms with Gasteiger partial charge in [0, 0.05) is 22.0 Å². The summed E-state index contributed by atoms with van der Waals surface area (Å²) < 4.78 is 0. The molecule has 0 aliphatic carbocycles. The summed E-state index contributed by atoms with van der Waals surface area (Å²) in [6.45, 7) is 2.50. The van der Waals surface area contributed by atoms with Gasteiger partial charge in [-0.3, -0.25) is 14.5 Å².